The van der Waals surface area contributed by atoms with Crippen molar-refractivity contribution in [3.05, 3.63) is 64.9 Å². The van der Waals surface area contributed by atoms with E-state index in [-0.39, 0.29) is 36.8 Å². The fourth-order valence-electron chi connectivity index (χ4n) is 4.50. The molecular weight excluding hydrogens is 557 g/mol. The number of alkyl halides is 1. The summed E-state index contributed by atoms with van der Waals surface area (Å²) in [5, 5.41) is 7.62. The number of nitrogens with one attached hydrogen (secondary N) is 1. The number of rotatable bonds is 6. The van der Waals surface area contributed by atoms with Crippen molar-refractivity contribution in [3.8, 4) is 11.1 Å². The number of aromatic nitrogens is 5. The highest BCUT2D eigenvalue weighted by molar-refractivity contribution is 9.10. The summed E-state index contributed by atoms with van der Waals surface area (Å²) < 4.78 is 16.4. The Bertz CT molecular complexity index is 1560. The lowest BCUT2D eigenvalue weighted by Gasteiger charge is -2.23. The van der Waals surface area contributed by atoms with Gasteiger partial charge < -0.3 is 10.2 Å². The van der Waals surface area contributed by atoms with E-state index in [4.69, 9.17) is 0 Å². The van der Waals surface area contributed by atoms with Gasteiger partial charge in [-0.3, -0.25) is 19.1 Å². The number of aryl methyl sites for hydroxylation is 1. The molecule has 0 spiro atoms. The molecule has 2 atom stereocenters. The highest BCUT2D eigenvalue weighted by atomic mass is 79.9. The molecule has 5 rings (SSSR count). The van der Waals surface area contributed by atoms with Crippen LogP contribution in [0.15, 0.2) is 53.4 Å². The number of carbonyl (C=O) groups excluding carboxylic acids is 3. The van der Waals surface area contributed by atoms with Gasteiger partial charge in [-0.05, 0) is 52.7 Å². The number of amides is 2. The van der Waals surface area contributed by atoms with Crippen LogP contribution in [0.5, 0.6) is 0 Å². The maximum atomic E-state index is 14.4. The molecule has 3 aromatic heterocycles. The predicted octanol–water partition coefficient (Wildman–Crippen LogP) is 3.74. The monoisotopic (exact) mass is 579 g/mol. The fraction of sp³-hybridized carbons (Fsp3) is 0.269. The normalized spacial score (nSPS) is 17.1. The van der Waals surface area contributed by atoms with Crippen LogP contribution in [0.25, 0.3) is 22.0 Å². The molecule has 194 valence electrons. The highest BCUT2D eigenvalue weighted by Crippen LogP contribution is 2.28. The van der Waals surface area contributed by atoms with E-state index in [2.05, 4.69) is 41.3 Å². The smallest absolute Gasteiger partial charge is 0.248 e. The van der Waals surface area contributed by atoms with Crippen LogP contribution in [0, 0.1) is 6.92 Å². The molecule has 1 saturated heterocycles. The minimum Gasteiger partial charge on any atom is -0.326 e. The zero-order chi connectivity index (χ0) is 27.0. The molecule has 0 aliphatic carbocycles. The maximum absolute atomic E-state index is 14.4. The SMILES string of the molecule is CC(=O)c1nn(CC(=O)N2C[C@@H](F)C[C@H]2C(=O)Nc2cccc(Br)n2)c2ccc(-c3cnc(C)nc3)cc12. The summed E-state index contributed by atoms with van der Waals surface area (Å²) in [6.45, 7) is 2.72. The van der Waals surface area contributed by atoms with Crippen LogP contribution >= 0.6 is 15.9 Å². The molecule has 1 fully saturated rings. The zero-order valence-corrected chi connectivity index (χ0v) is 22.1. The van der Waals surface area contributed by atoms with Crippen LogP contribution in [-0.2, 0) is 16.1 Å². The van der Waals surface area contributed by atoms with Crippen LogP contribution in [0.4, 0.5) is 10.2 Å². The van der Waals surface area contributed by atoms with E-state index in [9.17, 15) is 18.8 Å². The van der Waals surface area contributed by atoms with E-state index in [1.54, 1.807) is 43.6 Å². The van der Waals surface area contributed by atoms with Crippen LogP contribution in [0.1, 0.15) is 29.7 Å². The van der Waals surface area contributed by atoms with Gasteiger partial charge in [-0.25, -0.2) is 19.3 Å². The minimum absolute atomic E-state index is 0.119. The molecule has 4 heterocycles. The third-order valence-electron chi connectivity index (χ3n) is 6.32. The Kier molecular flexibility index (Phi) is 6.98. The summed E-state index contributed by atoms with van der Waals surface area (Å²) >= 11 is 3.24. The second-order valence-electron chi connectivity index (χ2n) is 9.04. The van der Waals surface area contributed by atoms with Crippen LogP contribution in [0.2, 0.25) is 0 Å². The van der Waals surface area contributed by atoms with Crippen molar-refractivity contribution in [2.45, 2.75) is 39.0 Å². The number of carbonyl (C=O) groups is 3. The summed E-state index contributed by atoms with van der Waals surface area (Å²) in [6.07, 6.45) is 1.93. The first-order valence-electron chi connectivity index (χ1n) is 11.9. The van der Waals surface area contributed by atoms with E-state index in [0.717, 1.165) is 11.1 Å². The van der Waals surface area contributed by atoms with Crippen molar-refractivity contribution >= 4 is 50.2 Å². The Morgan fingerprint density at radius 2 is 1.89 bits per heavy atom. The maximum Gasteiger partial charge on any atom is 0.248 e. The van der Waals surface area contributed by atoms with Crippen LogP contribution in [0.3, 0.4) is 0 Å². The first-order valence-corrected chi connectivity index (χ1v) is 12.7. The molecule has 1 aromatic carbocycles. The van der Waals surface area contributed by atoms with Crippen molar-refractivity contribution < 1.29 is 18.8 Å². The van der Waals surface area contributed by atoms with Crippen molar-refractivity contribution in [2.24, 2.45) is 0 Å². The number of ketones is 1. The summed E-state index contributed by atoms with van der Waals surface area (Å²) in [4.78, 5) is 52.5. The lowest BCUT2D eigenvalue weighted by molar-refractivity contribution is -0.137. The number of Topliss-reactive ketones (excluding diaryl/α,β-unsaturated/α-hetero) is 1. The van der Waals surface area contributed by atoms with E-state index < -0.39 is 24.0 Å². The Labute approximate surface area is 225 Å². The molecule has 0 bridgehead atoms. The molecule has 38 heavy (non-hydrogen) atoms. The Hall–Kier alpha value is -4.06. The number of fused-ring (bicyclic) bond motifs is 1. The van der Waals surface area contributed by atoms with Gasteiger partial charge >= 0.3 is 0 Å². The summed E-state index contributed by atoms with van der Waals surface area (Å²) in [6, 6.07) is 9.42. The van der Waals surface area contributed by atoms with Gasteiger partial charge in [0.05, 0.1) is 12.1 Å². The van der Waals surface area contributed by atoms with Gasteiger partial charge in [-0.2, -0.15) is 5.10 Å². The Morgan fingerprint density at radius 3 is 2.61 bits per heavy atom. The van der Waals surface area contributed by atoms with Crippen LogP contribution in [-0.4, -0.2) is 66.0 Å². The zero-order valence-electron chi connectivity index (χ0n) is 20.6. The number of halogens is 2. The first-order chi connectivity index (χ1) is 18.2. The van der Waals surface area contributed by atoms with Crippen molar-refractivity contribution in [2.75, 3.05) is 11.9 Å². The molecule has 12 heteroatoms. The lowest BCUT2D eigenvalue weighted by Crippen LogP contribution is -2.44. The van der Waals surface area contributed by atoms with Gasteiger partial charge in [0.1, 0.15) is 40.7 Å². The Balaban J connectivity index is 1.41. The Morgan fingerprint density at radius 1 is 1.13 bits per heavy atom. The average molecular weight is 580 g/mol. The number of benzene rings is 1. The van der Waals surface area contributed by atoms with Gasteiger partial charge in [-0.15, -0.1) is 0 Å². The lowest BCUT2D eigenvalue weighted by atomic mass is 10.0. The summed E-state index contributed by atoms with van der Waals surface area (Å²) in [5.41, 5.74) is 2.34. The molecule has 10 nitrogen and oxygen atoms in total. The topological polar surface area (TPSA) is 123 Å². The molecule has 1 aliphatic rings. The number of pyridine rings is 1. The van der Waals surface area contributed by atoms with E-state index in [0.29, 0.717) is 21.3 Å². The van der Waals surface area contributed by atoms with Crippen molar-refractivity contribution in [3.63, 3.8) is 0 Å². The van der Waals surface area contributed by atoms with E-state index in [1.165, 1.54) is 16.5 Å². The first kappa shape index (κ1) is 25.6. The van der Waals surface area contributed by atoms with E-state index >= 15 is 0 Å². The van der Waals surface area contributed by atoms with Crippen molar-refractivity contribution in [1.29, 1.82) is 0 Å². The predicted molar refractivity (Wildman–Crippen MR) is 141 cm³/mol. The number of hydrogen-bond acceptors (Lipinski definition) is 7. The number of likely N-dealkylation sites (tertiary alicyclic amines) is 1. The van der Waals surface area contributed by atoms with Crippen molar-refractivity contribution in [1.82, 2.24) is 29.6 Å². The molecular formula is C26H23BrFN7O3. The number of anilines is 1. The molecule has 4 aromatic rings. The highest BCUT2D eigenvalue weighted by Gasteiger charge is 2.40. The van der Waals surface area contributed by atoms with Gasteiger partial charge in [-0.1, -0.05) is 12.1 Å². The third kappa shape index (κ3) is 5.17. The second-order valence-corrected chi connectivity index (χ2v) is 9.86. The standard InChI is InChI=1S/C26H23BrFN7O3/c1-14(36)25-19-8-16(17-10-29-15(2)30-11-17)6-7-20(19)35(33-25)13-24(37)34-12-18(28)9-21(34)26(38)32-23-5-3-4-22(27)31-23/h3-8,10-11,18,21H,9,12-13H2,1-2H3,(H,31,32,38)/t18-,21-/m0/s1. The minimum atomic E-state index is -1.34. The summed E-state index contributed by atoms with van der Waals surface area (Å²) in [5.74, 6) is -0.338. The molecule has 1 N–H and O–H groups in total. The fourth-order valence-corrected chi connectivity index (χ4v) is 4.84. The van der Waals surface area contributed by atoms with Gasteiger partial charge in [0.15, 0.2) is 5.78 Å². The van der Waals surface area contributed by atoms with Crippen LogP contribution < -0.4 is 5.32 Å². The number of nitrogens with zero attached hydrogens (tertiary/aromatic N) is 6. The van der Waals surface area contributed by atoms with Gasteiger partial charge in [0.25, 0.3) is 0 Å². The molecule has 0 unspecified atom stereocenters. The largest absolute Gasteiger partial charge is 0.326 e. The summed E-state index contributed by atoms with van der Waals surface area (Å²) in [7, 11) is 0. The molecule has 0 radical (unpaired) electrons. The average Bonchev–Trinajstić information content (AvgIpc) is 3.45. The quantitative estimate of drug-likeness (QED) is 0.272. The molecule has 2 amide bonds. The third-order valence-corrected chi connectivity index (χ3v) is 6.76. The number of hydrogen-bond donors (Lipinski definition) is 1. The molecule has 1 aliphatic heterocycles. The van der Waals surface area contributed by atoms with Gasteiger partial charge in [0.2, 0.25) is 11.8 Å². The second kappa shape index (κ2) is 10.4. The molecule has 0 saturated carbocycles. The van der Waals surface area contributed by atoms with E-state index in [1.807, 2.05) is 12.1 Å². The van der Waals surface area contributed by atoms with Gasteiger partial charge in [0, 0.05) is 36.7 Å².